The Hall–Kier alpha value is -1.79. The van der Waals surface area contributed by atoms with Gasteiger partial charge in [-0.15, -0.1) is 0 Å². The first kappa shape index (κ1) is 16.6. The minimum atomic E-state index is -0.357. The Morgan fingerprint density at radius 3 is 2.91 bits per heavy atom. The van der Waals surface area contributed by atoms with E-state index in [9.17, 15) is 9.59 Å². The zero-order valence-electron chi connectivity index (χ0n) is 12.2. The summed E-state index contributed by atoms with van der Waals surface area (Å²) in [6.07, 6.45) is 2.03. The molecule has 0 aliphatic rings. The summed E-state index contributed by atoms with van der Waals surface area (Å²) in [7, 11) is 0. The highest BCUT2D eigenvalue weighted by molar-refractivity contribution is 8.00. The molecule has 2 aromatic rings. The second kappa shape index (κ2) is 7.47. The van der Waals surface area contributed by atoms with Gasteiger partial charge in [0.05, 0.1) is 5.25 Å². The van der Waals surface area contributed by atoms with Crippen LogP contribution in [0.15, 0.2) is 40.4 Å². The zero-order chi connectivity index (χ0) is 16.1. The number of carbonyl (C=O) groups excluding carboxylic acids is 1. The standard InChI is InChI=1S/C15H16ClN3O2S/c1-3-12(22-15-17-8-7-13(20)19-15)14(21)18-11-6-4-5-10(16)9(11)2/h4-8,12H,3H2,1-2H3,(H,18,21)(H,17,19,20). The van der Waals surface area contributed by atoms with E-state index in [4.69, 9.17) is 11.6 Å². The molecule has 0 saturated heterocycles. The van der Waals surface area contributed by atoms with Crippen molar-refractivity contribution in [3.63, 3.8) is 0 Å². The molecule has 5 nitrogen and oxygen atoms in total. The number of amides is 1. The van der Waals surface area contributed by atoms with Gasteiger partial charge in [-0.05, 0) is 31.0 Å². The molecule has 22 heavy (non-hydrogen) atoms. The predicted molar refractivity (Wildman–Crippen MR) is 89.6 cm³/mol. The highest BCUT2D eigenvalue weighted by Crippen LogP contribution is 2.26. The number of thioether (sulfide) groups is 1. The molecular weight excluding hydrogens is 322 g/mol. The van der Waals surface area contributed by atoms with E-state index in [0.717, 1.165) is 5.56 Å². The maximum atomic E-state index is 12.4. The summed E-state index contributed by atoms with van der Waals surface area (Å²) < 4.78 is 0. The van der Waals surface area contributed by atoms with Gasteiger partial charge in [-0.25, -0.2) is 4.98 Å². The average molecular weight is 338 g/mol. The Labute approximate surface area is 137 Å². The minimum absolute atomic E-state index is 0.149. The van der Waals surface area contributed by atoms with Gasteiger partial charge in [-0.2, -0.15) is 0 Å². The van der Waals surface area contributed by atoms with Crippen LogP contribution < -0.4 is 10.9 Å². The van der Waals surface area contributed by atoms with E-state index in [1.54, 1.807) is 18.2 Å². The highest BCUT2D eigenvalue weighted by atomic mass is 35.5. The number of nitrogens with one attached hydrogen (secondary N) is 2. The smallest absolute Gasteiger partial charge is 0.251 e. The predicted octanol–water partition coefficient (Wildman–Crippen LogP) is 3.24. The number of carbonyl (C=O) groups is 1. The van der Waals surface area contributed by atoms with Crippen molar-refractivity contribution >= 4 is 35.0 Å². The van der Waals surface area contributed by atoms with Crippen LogP contribution >= 0.6 is 23.4 Å². The SMILES string of the molecule is CCC(Sc1nccc(=O)[nH]1)C(=O)Nc1cccc(Cl)c1C. The molecule has 1 atom stereocenters. The van der Waals surface area contributed by atoms with Gasteiger partial charge in [-0.1, -0.05) is 36.4 Å². The molecule has 0 spiro atoms. The van der Waals surface area contributed by atoms with E-state index in [-0.39, 0.29) is 16.7 Å². The van der Waals surface area contributed by atoms with Crippen LogP contribution in [0.1, 0.15) is 18.9 Å². The van der Waals surface area contributed by atoms with Gasteiger partial charge >= 0.3 is 0 Å². The first-order chi connectivity index (χ1) is 10.5. The molecule has 116 valence electrons. The number of aromatic amines is 1. The van der Waals surface area contributed by atoms with Crippen molar-refractivity contribution in [3.8, 4) is 0 Å². The summed E-state index contributed by atoms with van der Waals surface area (Å²) in [6.45, 7) is 3.76. The molecule has 1 heterocycles. The van der Waals surface area contributed by atoms with E-state index in [1.807, 2.05) is 13.8 Å². The van der Waals surface area contributed by atoms with Gasteiger partial charge in [-0.3, -0.25) is 9.59 Å². The lowest BCUT2D eigenvalue weighted by Gasteiger charge is -2.15. The number of hydrogen-bond acceptors (Lipinski definition) is 4. The summed E-state index contributed by atoms with van der Waals surface area (Å²) in [5.74, 6) is -0.149. The van der Waals surface area contributed by atoms with Crippen LogP contribution in [-0.2, 0) is 4.79 Å². The second-order valence-corrected chi connectivity index (χ2v) is 6.25. The lowest BCUT2D eigenvalue weighted by Crippen LogP contribution is -2.25. The molecule has 1 aromatic heterocycles. The quantitative estimate of drug-likeness (QED) is 0.648. The van der Waals surface area contributed by atoms with Crippen LogP contribution in [-0.4, -0.2) is 21.1 Å². The van der Waals surface area contributed by atoms with Crippen LogP contribution in [0.5, 0.6) is 0 Å². The fourth-order valence-electron chi connectivity index (χ4n) is 1.82. The summed E-state index contributed by atoms with van der Waals surface area (Å²) in [5.41, 5.74) is 1.27. The maximum Gasteiger partial charge on any atom is 0.251 e. The Morgan fingerprint density at radius 2 is 2.23 bits per heavy atom. The van der Waals surface area contributed by atoms with Crippen molar-refractivity contribution in [3.05, 3.63) is 51.4 Å². The Bertz CT molecular complexity index is 733. The van der Waals surface area contributed by atoms with Crippen LogP contribution in [0.4, 0.5) is 5.69 Å². The molecule has 0 bridgehead atoms. The third-order valence-corrected chi connectivity index (χ3v) is 4.76. The monoisotopic (exact) mass is 337 g/mol. The maximum absolute atomic E-state index is 12.4. The topological polar surface area (TPSA) is 74.8 Å². The number of aromatic nitrogens is 2. The van der Waals surface area contributed by atoms with Crippen LogP contribution in [0.3, 0.4) is 0 Å². The number of rotatable bonds is 5. The third kappa shape index (κ3) is 4.11. The lowest BCUT2D eigenvalue weighted by molar-refractivity contribution is -0.115. The second-order valence-electron chi connectivity index (χ2n) is 4.66. The van der Waals surface area contributed by atoms with Gasteiger partial charge in [0.1, 0.15) is 0 Å². The number of anilines is 1. The van der Waals surface area contributed by atoms with Gasteiger partial charge in [0.15, 0.2) is 5.16 Å². The van der Waals surface area contributed by atoms with Gasteiger partial charge in [0.25, 0.3) is 5.56 Å². The Morgan fingerprint density at radius 1 is 1.45 bits per heavy atom. The van der Waals surface area contributed by atoms with Crippen LogP contribution in [0.2, 0.25) is 5.02 Å². The molecular formula is C15H16ClN3O2S. The molecule has 0 aliphatic heterocycles. The normalized spacial score (nSPS) is 12.0. The number of H-pyrrole nitrogens is 1. The summed E-state index contributed by atoms with van der Waals surface area (Å²) in [6, 6.07) is 6.70. The van der Waals surface area contributed by atoms with Gasteiger partial charge in [0, 0.05) is 23.0 Å². The van der Waals surface area contributed by atoms with Crippen LogP contribution in [0, 0.1) is 6.92 Å². The first-order valence-electron chi connectivity index (χ1n) is 6.79. The molecule has 0 fully saturated rings. The van der Waals surface area contributed by atoms with Crippen LogP contribution in [0.25, 0.3) is 0 Å². The van der Waals surface area contributed by atoms with Crippen molar-refractivity contribution in [1.82, 2.24) is 9.97 Å². The molecule has 2 rings (SSSR count). The summed E-state index contributed by atoms with van der Waals surface area (Å²) in [5, 5.41) is 3.55. The molecule has 0 saturated carbocycles. The lowest BCUT2D eigenvalue weighted by atomic mass is 10.2. The molecule has 1 amide bonds. The summed E-state index contributed by atoms with van der Waals surface area (Å²) in [4.78, 5) is 30.3. The van der Waals surface area contributed by atoms with Crippen molar-refractivity contribution in [1.29, 1.82) is 0 Å². The van der Waals surface area contributed by atoms with E-state index in [2.05, 4.69) is 15.3 Å². The van der Waals surface area contributed by atoms with Crippen molar-refractivity contribution in [2.24, 2.45) is 0 Å². The Kier molecular flexibility index (Phi) is 5.63. The van der Waals surface area contributed by atoms with Crippen molar-refractivity contribution in [2.75, 3.05) is 5.32 Å². The largest absolute Gasteiger partial charge is 0.325 e. The molecule has 0 radical (unpaired) electrons. The third-order valence-electron chi connectivity index (χ3n) is 3.09. The van der Waals surface area contributed by atoms with E-state index in [0.29, 0.717) is 22.3 Å². The molecule has 0 aliphatic carbocycles. The van der Waals surface area contributed by atoms with E-state index < -0.39 is 0 Å². The molecule has 7 heteroatoms. The first-order valence-corrected chi connectivity index (χ1v) is 8.05. The van der Waals surface area contributed by atoms with Gasteiger partial charge < -0.3 is 10.3 Å². The van der Waals surface area contributed by atoms with Gasteiger partial charge in [0.2, 0.25) is 5.91 Å². The zero-order valence-corrected chi connectivity index (χ0v) is 13.8. The van der Waals surface area contributed by atoms with Crippen molar-refractivity contribution in [2.45, 2.75) is 30.7 Å². The highest BCUT2D eigenvalue weighted by Gasteiger charge is 2.20. The minimum Gasteiger partial charge on any atom is -0.325 e. The molecule has 2 N–H and O–H groups in total. The van der Waals surface area contributed by atoms with E-state index >= 15 is 0 Å². The number of hydrogen-bond donors (Lipinski definition) is 2. The Balaban J connectivity index is 2.12. The fraction of sp³-hybridized carbons (Fsp3) is 0.267. The average Bonchev–Trinajstić information content (AvgIpc) is 2.49. The number of nitrogens with zero attached hydrogens (tertiary/aromatic N) is 1. The van der Waals surface area contributed by atoms with E-state index in [1.165, 1.54) is 24.0 Å². The molecule has 1 aromatic carbocycles. The fourth-order valence-corrected chi connectivity index (χ4v) is 2.88. The number of halogens is 1. The van der Waals surface area contributed by atoms with Crippen molar-refractivity contribution < 1.29 is 4.79 Å². The molecule has 1 unspecified atom stereocenters. The number of benzene rings is 1. The summed E-state index contributed by atoms with van der Waals surface area (Å²) >= 11 is 7.28.